The number of anilines is 1. The van der Waals surface area contributed by atoms with Crippen molar-refractivity contribution < 1.29 is 41.0 Å². The molecule has 4 nitrogen and oxygen atoms in total. The Balaban J connectivity index is 1.91. The van der Waals surface area contributed by atoms with Gasteiger partial charge in [-0.15, -0.1) is 0 Å². The second-order valence-electron chi connectivity index (χ2n) is 7.34. The summed E-state index contributed by atoms with van der Waals surface area (Å²) in [6.45, 7) is 0.878. The molecule has 1 atom stereocenters. The lowest BCUT2D eigenvalue weighted by Gasteiger charge is -2.28. The fourth-order valence-corrected chi connectivity index (χ4v) is 2.98. The van der Waals surface area contributed by atoms with Gasteiger partial charge >= 0.3 is 12.4 Å². The predicted molar refractivity (Wildman–Crippen MR) is 114 cm³/mol. The minimum atomic E-state index is -4.97. The van der Waals surface area contributed by atoms with Crippen molar-refractivity contribution in [2.45, 2.75) is 31.8 Å². The summed E-state index contributed by atoms with van der Waals surface area (Å²) in [7, 11) is 0. The van der Waals surface area contributed by atoms with Gasteiger partial charge in [0, 0.05) is 6.07 Å². The number of benzene rings is 3. The highest BCUT2D eigenvalue weighted by Crippen LogP contribution is 2.33. The summed E-state index contributed by atoms with van der Waals surface area (Å²) in [5, 5.41) is 10.3. The molecule has 0 amide bonds. The van der Waals surface area contributed by atoms with E-state index >= 15 is 0 Å². The van der Waals surface area contributed by atoms with Crippen LogP contribution in [0.5, 0.6) is 17.2 Å². The summed E-state index contributed by atoms with van der Waals surface area (Å²) in [4.78, 5) is 5.36. The van der Waals surface area contributed by atoms with Crippen LogP contribution in [0.2, 0.25) is 0 Å². The fraction of sp³-hybridized carbons (Fsp3) is 0.250. The SMILES string of the molecule is CCc1cccc(Oc2cccc(N(C[C@H](O)C(F)(F)F)Oc3cccc(C(F)(F)F)c3)c2)c1. The zero-order valence-electron chi connectivity index (χ0n) is 17.9. The molecule has 182 valence electrons. The van der Waals surface area contributed by atoms with Gasteiger partial charge in [0.25, 0.3) is 0 Å². The first-order valence-corrected chi connectivity index (χ1v) is 10.2. The van der Waals surface area contributed by atoms with Gasteiger partial charge in [0.1, 0.15) is 11.5 Å². The van der Waals surface area contributed by atoms with E-state index in [2.05, 4.69) is 0 Å². The van der Waals surface area contributed by atoms with Crippen LogP contribution in [0.25, 0.3) is 0 Å². The van der Waals surface area contributed by atoms with Gasteiger partial charge in [-0.25, -0.2) is 5.06 Å². The lowest BCUT2D eigenvalue weighted by Crippen LogP contribution is -2.42. The van der Waals surface area contributed by atoms with Crippen LogP contribution in [0.15, 0.2) is 72.8 Å². The van der Waals surface area contributed by atoms with E-state index in [0.29, 0.717) is 16.9 Å². The Labute approximate surface area is 191 Å². The molecule has 0 spiro atoms. The van der Waals surface area contributed by atoms with Crippen LogP contribution in [0.4, 0.5) is 32.0 Å². The Morgan fingerprint density at radius 1 is 0.824 bits per heavy atom. The lowest BCUT2D eigenvalue weighted by molar-refractivity contribution is -0.202. The molecular weight excluding hydrogens is 464 g/mol. The Morgan fingerprint density at radius 2 is 1.44 bits per heavy atom. The van der Waals surface area contributed by atoms with Gasteiger partial charge in [-0.3, -0.25) is 0 Å². The third-order valence-corrected chi connectivity index (χ3v) is 4.74. The highest BCUT2D eigenvalue weighted by molar-refractivity contribution is 5.51. The first-order valence-electron chi connectivity index (χ1n) is 10.2. The average molecular weight is 485 g/mol. The maximum atomic E-state index is 13.0. The molecule has 0 saturated heterocycles. The normalized spacial score (nSPS) is 12.8. The van der Waals surface area contributed by atoms with Crippen LogP contribution in [-0.4, -0.2) is 23.9 Å². The molecule has 1 N–H and O–H groups in total. The molecule has 3 aromatic carbocycles. The van der Waals surface area contributed by atoms with E-state index < -0.39 is 30.6 Å². The molecule has 3 rings (SSSR count). The molecule has 0 aliphatic heterocycles. The summed E-state index contributed by atoms with van der Waals surface area (Å²) in [6, 6.07) is 16.7. The van der Waals surface area contributed by atoms with Crippen molar-refractivity contribution in [3.8, 4) is 17.2 Å². The molecule has 0 saturated carbocycles. The number of halogens is 6. The topological polar surface area (TPSA) is 41.9 Å². The van der Waals surface area contributed by atoms with Gasteiger partial charge in [0.2, 0.25) is 0 Å². The van der Waals surface area contributed by atoms with E-state index in [1.165, 1.54) is 24.3 Å². The van der Waals surface area contributed by atoms with Gasteiger partial charge in [0.15, 0.2) is 11.9 Å². The van der Waals surface area contributed by atoms with Crippen LogP contribution in [0, 0.1) is 0 Å². The van der Waals surface area contributed by atoms with Crippen LogP contribution in [-0.2, 0) is 12.6 Å². The van der Waals surface area contributed by atoms with Crippen molar-refractivity contribution in [1.29, 1.82) is 0 Å². The number of rotatable bonds is 8. The van der Waals surface area contributed by atoms with Gasteiger partial charge < -0.3 is 14.7 Å². The molecular formula is C24H21F6NO3. The maximum Gasteiger partial charge on any atom is 0.416 e. The Morgan fingerprint density at radius 3 is 2.09 bits per heavy atom. The number of aryl methyl sites for hydroxylation is 1. The number of aliphatic hydroxyl groups excluding tert-OH is 1. The second-order valence-corrected chi connectivity index (χ2v) is 7.34. The van der Waals surface area contributed by atoms with Crippen LogP contribution in [0.3, 0.4) is 0 Å². The Kier molecular flexibility index (Phi) is 7.61. The van der Waals surface area contributed by atoms with Crippen LogP contribution < -0.4 is 14.6 Å². The molecule has 0 aliphatic rings. The monoisotopic (exact) mass is 485 g/mol. The van der Waals surface area contributed by atoms with Crippen LogP contribution in [0.1, 0.15) is 18.1 Å². The number of hydrogen-bond acceptors (Lipinski definition) is 4. The smallest absolute Gasteiger partial charge is 0.416 e. The highest BCUT2D eigenvalue weighted by atomic mass is 19.4. The molecule has 0 aliphatic carbocycles. The van der Waals surface area contributed by atoms with E-state index in [0.717, 1.165) is 24.1 Å². The standard InChI is InChI=1S/C24H21F6NO3/c1-2-16-6-3-9-19(12-16)33-20-10-5-8-18(14-20)31(15-22(32)24(28,29)30)34-21-11-4-7-17(13-21)23(25,26)27/h3-14,22,32H,2,15H2,1H3/t22-/m0/s1. The zero-order valence-corrected chi connectivity index (χ0v) is 17.9. The minimum absolute atomic E-state index is 0.0323. The largest absolute Gasteiger partial charge is 0.457 e. The minimum Gasteiger partial charge on any atom is -0.457 e. The predicted octanol–water partition coefficient (Wildman–Crippen LogP) is 6.78. The summed E-state index contributed by atoms with van der Waals surface area (Å²) >= 11 is 0. The number of nitrogens with zero attached hydrogens (tertiary/aromatic N) is 1. The third-order valence-electron chi connectivity index (χ3n) is 4.74. The van der Waals surface area contributed by atoms with E-state index in [9.17, 15) is 31.4 Å². The third kappa shape index (κ3) is 6.80. The van der Waals surface area contributed by atoms with E-state index in [4.69, 9.17) is 9.57 Å². The van der Waals surface area contributed by atoms with Gasteiger partial charge in [0.05, 0.1) is 17.8 Å². The molecule has 10 heteroatoms. The number of hydrogen-bond donors (Lipinski definition) is 1. The lowest BCUT2D eigenvalue weighted by atomic mass is 10.2. The number of ether oxygens (including phenoxy) is 1. The fourth-order valence-electron chi connectivity index (χ4n) is 2.98. The number of hydroxylamine groups is 1. The van der Waals surface area contributed by atoms with E-state index in [1.54, 1.807) is 24.3 Å². The van der Waals surface area contributed by atoms with Gasteiger partial charge in [-0.2, -0.15) is 26.3 Å². The first-order chi connectivity index (χ1) is 16.0. The number of aliphatic hydroxyl groups is 1. The molecule has 0 fully saturated rings. The molecule has 0 radical (unpaired) electrons. The average Bonchev–Trinajstić information content (AvgIpc) is 2.78. The zero-order chi connectivity index (χ0) is 24.9. The molecule has 3 aromatic rings. The van der Waals surface area contributed by atoms with Crippen molar-refractivity contribution in [1.82, 2.24) is 0 Å². The molecule has 34 heavy (non-hydrogen) atoms. The first kappa shape index (κ1) is 25.2. The summed E-state index contributed by atoms with van der Waals surface area (Å²) < 4.78 is 83.9. The molecule has 0 aromatic heterocycles. The highest BCUT2D eigenvalue weighted by Gasteiger charge is 2.40. The van der Waals surface area contributed by atoms with Crippen molar-refractivity contribution in [2.24, 2.45) is 0 Å². The molecule has 0 unspecified atom stereocenters. The quantitative estimate of drug-likeness (QED) is 0.282. The summed E-state index contributed by atoms with van der Waals surface area (Å²) in [5.41, 5.74) is 0.00975. The summed E-state index contributed by atoms with van der Waals surface area (Å²) in [5.74, 6) is 0.397. The second kappa shape index (κ2) is 10.3. The maximum absolute atomic E-state index is 13.0. The van der Waals surface area contributed by atoms with Crippen molar-refractivity contribution in [2.75, 3.05) is 11.6 Å². The van der Waals surface area contributed by atoms with E-state index in [1.807, 2.05) is 13.0 Å². The Bertz CT molecular complexity index is 1100. The van der Waals surface area contributed by atoms with Gasteiger partial charge in [-0.1, -0.05) is 31.2 Å². The van der Waals surface area contributed by atoms with Gasteiger partial charge in [-0.05, 0) is 54.4 Å². The Hall–Kier alpha value is -3.40. The van der Waals surface area contributed by atoms with Crippen LogP contribution >= 0.6 is 0 Å². The van der Waals surface area contributed by atoms with Crippen molar-refractivity contribution in [3.05, 3.63) is 83.9 Å². The number of alkyl halides is 6. The summed E-state index contributed by atoms with van der Waals surface area (Å²) in [6.07, 6.45) is -11.7. The van der Waals surface area contributed by atoms with E-state index in [-0.39, 0.29) is 17.2 Å². The van der Waals surface area contributed by atoms with Crippen molar-refractivity contribution >= 4 is 5.69 Å². The molecule has 0 bridgehead atoms. The molecule has 0 heterocycles. The van der Waals surface area contributed by atoms with Crippen molar-refractivity contribution in [3.63, 3.8) is 0 Å².